The molecule has 0 aliphatic carbocycles. The molecule has 1 amide bonds. The lowest BCUT2D eigenvalue weighted by Gasteiger charge is -2.24. The van der Waals surface area contributed by atoms with Crippen LogP contribution in [0.1, 0.15) is 25.8 Å². The Balaban J connectivity index is 2.37. The minimum atomic E-state index is -0.00909. The van der Waals surface area contributed by atoms with Crippen molar-refractivity contribution in [2.75, 3.05) is 23.8 Å². The minimum absolute atomic E-state index is 0.00909. The summed E-state index contributed by atoms with van der Waals surface area (Å²) in [6.45, 7) is 7.46. The summed E-state index contributed by atoms with van der Waals surface area (Å²) in [5.74, 6) is 0.594. The number of aryl methyl sites for hydroxylation is 1. The fourth-order valence-electron chi connectivity index (χ4n) is 2.38. The van der Waals surface area contributed by atoms with Gasteiger partial charge >= 0.3 is 0 Å². The molecular formula is C15H21N3O. The third-order valence-electron chi connectivity index (χ3n) is 3.15. The van der Waals surface area contributed by atoms with Crippen LogP contribution in [0.3, 0.4) is 0 Å². The molecule has 0 atom stereocenters. The average Bonchev–Trinajstić information content (AvgIpc) is 2.47. The van der Waals surface area contributed by atoms with Gasteiger partial charge in [0.2, 0.25) is 5.91 Å². The predicted octanol–water partition coefficient (Wildman–Crippen LogP) is 3.13. The maximum absolute atomic E-state index is 11.5. The summed E-state index contributed by atoms with van der Waals surface area (Å²) in [6, 6.07) is 4.05. The van der Waals surface area contributed by atoms with E-state index in [1.807, 2.05) is 6.07 Å². The van der Waals surface area contributed by atoms with Gasteiger partial charge in [-0.15, -0.1) is 0 Å². The van der Waals surface area contributed by atoms with E-state index in [-0.39, 0.29) is 5.91 Å². The Bertz CT molecular complexity index is 520. The van der Waals surface area contributed by atoms with Crippen molar-refractivity contribution in [1.29, 1.82) is 0 Å². The summed E-state index contributed by atoms with van der Waals surface area (Å²) in [6.07, 6.45) is 2.01. The highest BCUT2D eigenvalue weighted by Crippen LogP contribution is 2.34. The van der Waals surface area contributed by atoms with Crippen LogP contribution in [0.4, 0.5) is 17.1 Å². The van der Waals surface area contributed by atoms with Crippen LogP contribution < -0.4 is 10.2 Å². The Morgan fingerprint density at radius 1 is 1.42 bits per heavy atom. The number of amides is 1. The molecule has 0 radical (unpaired) electrons. The van der Waals surface area contributed by atoms with E-state index in [0.717, 1.165) is 23.5 Å². The highest BCUT2D eigenvalue weighted by molar-refractivity contribution is 6.04. The Morgan fingerprint density at radius 3 is 2.84 bits per heavy atom. The number of carbonyl (C=O) groups is 1. The quantitative estimate of drug-likeness (QED) is 0.906. The second-order valence-corrected chi connectivity index (χ2v) is 5.49. The Labute approximate surface area is 114 Å². The summed E-state index contributed by atoms with van der Waals surface area (Å²) in [4.78, 5) is 18.1. The molecule has 2 rings (SSSR count). The van der Waals surface area contributed by atoms with Gasteiger partial charge in [-0.25, -0.2) is 0 Å². The normalized spacial score (nSPS) is 14.1. The van der Waals surface area contributed by atoms with Crippen LogP contribution in [0.5, 0.6) is 0 Å². The number of aliphatic imine (C=N–C) groups is 1. The van der Waals surface area contributed by atoms with Crippen molar-refractivity contribution in [3.8, 4) is 0 Å². The molecule has 0 saturated carbocycles. The van der Waals surface area contributed by atoms with Crippen LogP contribution in [0.2, 0.25) is 0 Å². The molecule has 1 heterocycles. The SMILES string of the molecule is Cc1cc2c(cc1N(C)CC(C)C)N=CCC(=O)N2. The first-order valence-electron chi connectivity index (χ1n) is 6.65. The molecule has 4 nitrogen and oxygen atoms in total. The maximum atomic E-state index is 11.5. The van der Waals surface area contributed by atoms with E-state index >= 15 is 0 Å². The first-order valence-corrected chi connectivity index (χ1v) is 6.65. The van der Waals surface area contributed by atoms with E-state index in [1.165, 1.54) is 5.69 Å². The first kappa shape index (κ1) is 13.6. The van der Waals surface area contributed by atoms with Crippen molar-refractivity contribution in [2.24, 2.45) is 10.9 Å². The van der Waals surface area contributed by atoms with Gasteiger partial charge in [0.25, 0.3) is 0 Å². The zero-order valence-electron chi connectivity index (χ0n) is 12.0. The van der Waals surface area contributed by atoms with Gasteiger partial charge in [0.1, 0.15) is 0 Å². The summed E-state index contributed by atoms with van der Waals surface area (Å²) in [5, 5.41) is 2.89. The summed E-state index contributed by atoms with van der Waals surface area (Å²) < 4.78 is 0. The molecule has 1 aliphatic rings. The molecule has 1 aromatic carbocycles. The lowest BCUT2D eigenvalue weighted by atomic mass is 10.1. The van der Waals surface area contributed by atoms with Crippen molar-refractivity contribution in [2.45, 2.75) is 27.2 Å². The van der Waals surface area contributed by atoms with Crippen molar-refractivity contribution < 1.29 is 4.79 Å². The fraction of sp³-hybridized carbons (Fsp3) is 0.467. The maximum Gasteiger partial charge on any atom is 0.229 e. The van der Waals surface area contributed by atoms with E-state index in [9.17, 15) is 4.79 Å². The predicted molar refractivity (Wildman–Crippen MR) is 80.7 cm³/mol. The van der Waals surface area contributed by atoms with Gasteiger partial charge in [0.05, 0.1) is 17.8 Å². The van der Waals surface area contributed by atoms with Crippen LogP contribution in [0, 0.1) is 12.8 Å². The largest absolute Gasteiger partial charge is 0.374 e. The number of rotatable bonds is 3. The molecular weight excluding hydrogens is 238 g/mol. The van der Waals surface area contributed by atoms with Gasteiger partial charge in [0, 0.05) is 25.5 Å². The molecule has 0 spiro atoms. The van der Waals surface area contributed by atoms with E-state index in [1.54, 1.807) is 6.21 Å². The fourth-order valence-corrected chi connectivity index (χ4v) is 2.38. The second kappa shape index (κ2) is 5.43. The number of nitrogens with one attached hydrogen (secondary N) is 1. The zero-order valence-corrected chi connectivity index (χ0v) is 12.0. The molecule has 1 N–H and O–H groups in total. The third kappa shape index (κ3) is 3.13. The summed E-state index contributed by atoms with van der Waals surface area (Å²) in [5.41, 5.74) is 3.96. The Hall–Kier alpha value is -1.84. The molecule has 0 aromatic heterocycles. The molecule has 0 unspecified atom stereocenters. The smallest absolute Gasteiger partial charge is 0.229 e. The molecule has 19 heavy (non-hydrogen) atoms. The van der Waals surface area contributed by atoms with Gasteiger partial charge in [-0.1, -0.05) is 13.8 Å². The number of fused-ring (bicyclic) bond motifs is 1. The van der Waals surface area contributed by atoms with Crippen LogP contribution >= 0.6 is 0 Å². The topological polar surface area (TPSA) is 44.7 Å². The highest BCUT2D eigenvalue weighted by Gasteiger charge is 2.14. The molecule has 0 bridgehead atoms. The number of anilines is 2. The van der Waals surface area contributed by atoms with Crippen molar-refractivity contribution >= 4 is 29.2 Å². The van der Waals surface area contributed by atoms with Gasteiger partial charge in [0.15, 0.2) is 0 Å². The number of hydrogen-bond donors (Lipinski definition) is 1. The molecule has 1 aliphatic heterocycles. The van der Waals surface area contributed by atoms with E-state index in [0.29, 0.717) is 12.3 Å². The van der Waals surface area contributed by atoms with Crippen molar-refractivity contribution in [3.05, 3.63) is 17.7 Å². The number of nitrogens with zero attached hydrogens (tertiary/aromatic N) is 2. The van der Waals surface area contributed by atoms with Gasteiger partial charge in [-0.3, -0.25) is 9.79 Å². The van der Waals surface area contributed by atoms with Crippen LogP contribution in [-0.2, 0) is 4.79 Å². The highest BCUT2D eigenvalue weighted by atomic mass is 16.1. The lowest BCUT2D eigenvalue weighted by Crippen LogP contribution is -2.23. The van der Waals surface area contributed by atoms with Crippen LogP contribution in [-0.4, -0.2) is 25.7 Å². The van der Waals surface area contributed by atoms with Crippen LogP contribution in [0.25, 0.3) is 0 Å². The summed E-state index contributed by atoms with van der Waals surface area (Å²) >= 11 is 0. The van der Waals surface area contributed by atoms with Gasteiger partial charge < -0.3 is 10.2 Å². The lowest BCUT2D eigenvalue weighted by molar-refractivity contribution is -0.115. The number of carbonyl (C=O) groups excluding carboxylic acids is 1. The average molecular weight is 259 g/mol. The molecule has 0 fully saturated rings. The van der Waals surface area contributed by atoms with Gasteiger partial charge in [-0.05, 0) is 30.5 Å². The number of benzene rings is 1. The molecule has 4 heteroatoms. The minimum Gasteiger partial charge on any atom is -0.374 e. The van der Waals surface area contributed by atoms with Gasteiger partial charge in [-0.2, -0.15) is 0 Å². The molecule has 102 valence electrons. The molecule has 1 aromatic rings. The van der Waals surface area contributed by atoms with E-state index in [4.69, 9.17) is 0 Å². The zero-order chi connectivity index (χ0) is 14.0. The second-order valence-electron chi connectivity index (χ2n) is 5.49. The van der Waals surface area contributed by atoms with Crippen LogP contribution in [0.15, 0.2) is 17.1 Å². The number of hydrogen-bond acceptors (Lipinski definition) is 3. The third-order valence-corrected chi connectivity index (χ3v) is 3.15. The first-order chi connectivity index (χ1) is 8.97. The molecule has 0 saturated heterocycles. The monoisotopic (exact) mass is 259 g/mol. The Morgan fingerprint density at radius 2 is 2.16 bits per heavy atom. The van der Waals surface area contributed by atoms with Crippen molar-refractivity contribution in [1.82, 2.24) is 0 Å². The Kier molecular flexibility index (Phi) is 3.88. The standard InChI is InChI=1S/C15H21N3O/c1-10(2)9-18(4)14-8-12-13(7-11(14)3)17-15(19)5-6-16-12/h6-8,10H,5,9H2,1-4H3,(H,17,19). The summed E-state index contributed by atoms with van der Waals surface area (Å²) in [7, 11) is 2.09. The van der Waals surface area contributed by atoms with Crippen molar-refractivity contribution in [3.63, 3.8) is 0 Å². The van der Waals surface area contributed by atoms with E-state index < -0.39 is 0 Å². The van der Waals surface area contributed by atoms with E-state index in [2.05, 4.69) is 49.1 Å².